The van der Waals surface area contributed by atoms with E-state index in [-0.39, 0.29) is 28.8 Å². The van der Waals surface area contributed by atoms with Crippen LogP contribution in [-0.2, 0) is 16.1 Å². The number of ether oxygens (including phenoxy) is 4. The number of carbonyl (C=O) groups is 2. The van der Waals surface area contributed by atoms with Crippen LogP contribution in [0.2, 0.25) is 5.02 Å². The predicted molar refractivity (Wildman–Crippen MR) is 128 cm³/mol. The zero-order valence-corrected chi connectivity index (χ0v) is 20.3. The van der Waals surface area contributed by atoms with E-state index in [1.165, 1.54) is 38.1 Å². The van der Waals surface area contributed by atoms with Gasteiger partial charge in [-0.25, -0.2) is 0 Å². The second kappa shape index (κ2) is 11.2. The highest BCUT2D eigenvalue weighted by Gasteiger charge is 2.22. The largest absolute Gasteiger partial charge is 0.496 e. The molecule has 1 aliphatic rings. The van der Waals surface area contributed by atoms with E-state index < -0.39 is 5.91 Å². The molecule has 0 aliphatic carbocycles. The summed E-state index contributed by atoms with van der Waals surface area (Å²) in [7, 11) is 4.52. The fraction of sp³-hybridized carbons (Fsp3) is 0.304. The van der Waals surface area contributed by atoms with Crippen molar-refractivity contribution in [3.63, 3.8) is 0 Å². The van der Waals surface area contributed by atoms with Crippen molar-refractivity contribution in [3.05, 3.63) is 57.1 Å². The quantitative estimate of drug-likeness (QED) is 0.569. The summed E-state index contributed by atoms with van der Waals surface area (Å²) in [6, 6.07) is 8.39. The van der Waals surface area contributed by atoms with Gasteiger partial charge >= 0.3 is 0 Å². The van der Waals surface area contributed by atoms with Crippen molar-refractivity contribution in [1.82, 2.24) is 5.32 Å². The van der Waals surface area contributed by atoms with Gasteiger partial charge in [0.15, 0.2) is 11.5 Å². The molecular formula is C23H25ClN2O6S. The molecule has 0 bridgehead atoms. The molecule has 0 fully saturated rings. The smallest absolute Gasteiger partial charge is 0.265 e. The number of carbonyl (C=O) groups excluding carboxylic acids is 2. The molecule has 10 heteroatoms. The van der Waals surface area contributed by atoms with Crippen molar-refractivity contribution in [1.29, 1.82) is 0 Å². The van der Waals surface area contributed by atoms with Gasteiger partial charge in [-0.1, -0.05) is 23.7 Å². The number of thioether (sulfide) groups is 1. The van der Waals surface area contributed by atoms with Crippen LogP contribution in [0, 0.1) is 0 Å². The molecule has 33 heavy (non-hydrogen) atoms. The standard InChI is InChI=1S/C23H25ClN2O6S/c1-13-21(33-9-8-32-13)23(28)26-17-11-19(30-3)15(10-16(17)24)22(27)25-12-14-6-5-7-18(29-2)20(14)31-4/h5-7,10-11H,8-9,12H2,1-4H3,(H,25,27)(H,26,28). The molecule has 2 amide bonds. The van der Waals surface area contributed by atoms with Crippen molar-refractivity contribution in [3.8, 4) is 17.2 Å². The van der Waals surface area contributed by atoms with Crippen molar-refractivity contribution in [2.45, 2.75) is 13.5 Å². The highest BCUT2D eigenvalue weighted by atomic mass is 35.5. The number of amides is 2. The molecule has 0 atom stereocenters. The zero-order valence-electron chi connectivity index (χ0n) is 18.7. The van der Waals surface area contributed by atoms with E-state index in [0.717, 1.165) is 5.56 Å². The van der Waals surface area contributed by atoms with E-state index in [2.05, 4.69) is 10.6 Å². The molecule has 1 aliphatic heterocycles. The number of nitrogens with one attached hydrogen (secondary N) is 2. The number of halogens is 1. The van der Waals surface area contributed by atoms with E-state index in [4.69, 9.17) is 30.5 Å². The van der Waals surface area contributed by atoms with Crippen LogP contribution in [0.5, 0.6) is 17.2 Å². The molecule has 0 radical (unpaired) electrons. The summed E-state index contributed by atoms with van der Waals surface area (Å²) < 4.78 is 21.5. The maximum atomic E-state index is 12.9. The molecule has 2 aromatic rings. The molecule has 176 valence electrons. The summed E-state index contributed by atoms with van der Waals surface area (Å²) in [4.78, 5) is 26.0. The number of rotatable bonds is 8. The van der Waals surface area contributed by atoms with Crippen LogP contribution in [-0.4, -0.2) is 45.5 Å². The maximum absolute atomic E-state index is 12.9. The Morgan fingerprint density at radius 2 is 1.85 bits per heavy atom. The van der Waals surface area contributed by atoms with Crippen LogP contribution in [0.25, 0.3) is 0 Å². The molecule has 0 spiro atoms. The lowest BCUT2D eigenvalue weighted by atomic mass is 10.1. The van der Waals surface area contributed by atoms with E-state index >= 15 is 0 Å². The summed E-state index contributed by atoms with van der Waals surface area (Å²) in [6.07, 6.45) is 0. The number of anilines is 1. The predicted octanol–water partition coefficient (Wildman–Crippen LogP) is 4.23. The van der Waals surface area contributed by atoms with Gasteiger partial charge in [0.1, 0.15) is 16.4 Å². The first kappa shape index (κ1) is 24.6. The molecule has 3 rings (SSSR count). The Labute approximate surface area is 201 Å². The Kier molecular flexibility index (Phi) is 8.35. The number of para-hydroxylation sites is 1. The fourth-order valence-electron chi connectivity index (χ4n) is 3.27. The molecule has 0 aromatic heterocycles. The average molecular weight is 493 g/mol. The third-order valence-electron chi connectivity index (χ3n) is 4.88. The number of allylic oxidation sites excluding steroid dienone is 1. The minimum absolute atomic E-state index is 0.198. The van der Waals surface area contributed by atoms with Gasteiger partial charge in [0.05, 0.1) is 44.2 Å². The topological polar surface area (TPSA) is 95.1 Å². The van der Waals surface area contributed by atoms with Gasteiger partial charge in [0.25, 0.3) is 11.8 Å². The van der Waals surface area contributed by atoms with E-state index in [9.17, 15) is 9.59 Å². The van der Waals surface area contributed by atoms with Crippen LogP contribution in [0.4, 0.5) is 5.69 Å². The molecule has 0 saturated heterocycles. The summed E-state index contributed by atoms with van der Waals surface area (Å²) in [5.41, 5.74) is 1.30. The second-order valence-corrected chi connectivity index (χ2v) is 8.42. The van der Waals surface area contributed by atoms with E-state index in [1.54, 1.807) is 20.1 Å². The third kappa shape index (κ3) is 5.66. The highest BCUT2D eigenvalue weighted by Crippen LogP contribution is 2.34. The summed E-state index contributed by atoms with van der Waals surface area (Å²) in [5, 5.41) is 5.80. The van der Waals surface area contributed by atoms with E-state index in [0.29, 0.717) is 40.2 Å². The molecule has 2 N–H and O–H groups in total. The molecular weight excluding hydrogens is 468 g/mol. The summed E-state index contributed by atoms with van der Waals surface area (Å²) >= 11 is 7.80. The van der Waals surface area contributed by atoms with Crippen molar-refractivity contribution in [2.75, 3.05) is 39.0 Å². The average Bonchev–Trinajstić information content (AvgIpc) is 2.83. The molecule has 2 aromatic carbocycles. The van der Waals surface area contributed by atoms with Crippen molar-refractivity contribution < 1.29 is 28.5 Å². The van der Waals surface area contributed by atoms with Gasteiger partial charge in [0.2, 0.25) is 0 Å². The first-order valence-electron chi connectivity index (χ1n) is 10.0. The lowest BCUT2D eigenvalue weighted by molar-refractivity contribution is -0.112. The third-order valence-corrected chi connectivity index (χ3v) is 6.33. The van der Waals surface area contributed by atoms with Crippen LogP contribution < -0.4 is 24.8 Å². The van der Waals surface area contributed by atoms with Gasteiger partial charge in [-0.3, -0.25) is 9.59 Å². The van der Waals surface area contributed by atoms with Crippen molar-refractivity contribution in [2.24, 2.45) is 0 Å². The van der Waals surface area contributed by atoms with Crippen LogP contribution in [0.3, 0.4) is 0 Å². The van der Waals surface area contributed by atoms with Gasteiger partial charge < -0.3 is 29.6 Å². The van der Waals surface area contributed by atoms with Gasteiger partial charge in [-0.2, -0.15) is 0 Å². The number of benzene rings is 2. The van der Waals surface area contributed by atoms with Crippen molar-refractivity contribution >= 4 is 40.9 Å². The fourth-order valence-corrected chi connectivity index (χ4v) is 4.30. The van der Waals surface area contributed by atoms with E-state index in [1.807, 2.05) is 12.1 Å². The van der Waals surface area contributed by atoms with Crippen LogP contribution in [0.15, 0.2) is 41.0 Å². The lowest BCUT2D eigenvalue weighted by Crippen LogP contribution is -2.24. The second-order valence-electron chi connectivity index (χ2n) is 6.90. The Morgan fingerprint density at radius 1 is 1.09 bits per heavy atom. The zero-order chi connectivity index (χ0) is 24.0. The maximum Gasteiger partial charge on any atom is 0.265 e. The summed E-state index contributed by atoms with van der Waals surface area (Å²) in [6.45, 7) is 2.50. The Bertz CT molecular complexity index is 1090. The van der Waals surface area contributed by atoms with Gasteiger partial charge in [0, 0.05) is 23.9 Å². The Balaban J connectivity index is 1.78. The summed E-state index contributed by atoms with van der Waals surface area (Å²) in [5.74, 6) is 1.90. The molecule has 8 nitrogen and oxygen atoms in total. The first-order valence-corrected chi connectivity index (χ1v) is 11.4. The number of methoxy groups -OCH3 is 3. The SMILES string of the molecule is COc1cc(NC(=O)C2=C(C)OCCS2)c(Cl)cc1C(=O)NCc1cccc(OC)c1OC. The lowest BCUT2D eigenvalue weighted by Gasteiger charge is -2.19. The molecule has 0 unspecified atom stereocenters. The Hall–Kier alpha value is -3.04. The highest BCUT2D eigenvalue weighted by molar-refractivity contribution is 8.04. The number of hydrogen-bond acceptors (Lipinski definition) is 7. The molecule has 1 heterocycles. The first-order chi connectivity index (χ1) is 15.9. The van der Waals surface area contributed by atoms with Crippen LogP contribution in [0.1, 0.15) is 22.8 Å². The van der Waals surface area contributed by atoms with Gasteiger partial charge in [-0.05, 0) is 19.1 Å². The van der Waals surface area contributed by atoms with Gasteiger partial charge in [-0.15, -0.1) is 11.8 Å². The minimum Gasteiger partial charge on any atom is -0.496 e. The molecule has 0 saturated carbocycles. The minimum atomic E-state index is -0.397. The monoisotopic (exact) mass is 492 g/mol. The number of hydrogen-bond donors (Lipinski definition) is 2. The Morgan fingerprint density at radius 3 is 2.52 bits per heavy atom. The van der Waals surface area contributed by atoms with Crippen LogP contribution >= 0.6 is 23.4 Å². The normalized spacial score (nSPS) is 13.1.